The maximum Gasteiger partial charge on any atom is 0.343 e. The Bertz CT molecular complexity index is 780. The van der Waals surface area contributed by atoms with Crippen LogP contribution in [-0.2, 0) is 10.1 Å². The van der Waals surface area contributed by atoms with E-state index in [0.717, 1.165) is 6.07 Å². The first kappa shape index (κ1) is 16.1. The molecule has 21 heavy (non-hydrogen) atoms. The number of methoxy groups -OCH3 is 1. The van der Waals surface area contributed by atoms with Gasteiger partial charge in [0.15, 0.2) is 10.6 Å². The van der Waals surface area contributed by atoms with Crippen LogP contribution >= 0.6 is 27.5 Å². The predicted octanol–water partition coefficient (Wildman–Crippen LogP) is 4.02. The van der Waals surface area contributed by atoms with E-state index in [2.05, 4.69) is 15.9 Å². The zero-order valence-corrected chi connectivity index (χ0v) is 13.8. The van der Waals surface area contributed by atoms with Crippen LogP contribution in [0.1, 0.15) is 0 Å². The van der Waals surface area contributed by atoms with Crippen LogP contribution in [0.2, 0.25) is 5.02 Å². The van der Waals surface area contributed by atoms with Crippen LogP contribution in [0.3, 0.4) is 0 Å². The van der Waals surface area contributed by atoms with E-state index in [9.17, 15) is 12.8 Å². The maximum atomic E-state index is 13.1. The second-order valence-corrected chi connectivity index (χ2v) is 6.72. The third kappa shape index (κ3) is 3.66. The van der Waals surface area contributed by atoms with Crippen LogP contribution in [-0.4, -0.2) is 15.5 Å². The number of benzene rings is 2. The van der Waals surface area contributed by atoms with Crippen molar-refractivity contribution in [1.29, 1.82) is 0 Å². The molecule has 0 radical (unpaired) electrons. The Morgan fingerprint density at radius 2 is 1.95 bits per heavy atom. The molecule has 112 valence electrons. The van der Waals surface area contributed by atoms with E-state index in [4.69, 9.17) is 20.5 Å². The molecule has 0 fully saturated rings. The van der Waals surface area contributed by atoms with Crippen molar-refractivity contribution in [2.24, 2.45) is 0 Å². The van der Waals surface area contributed by atoms with E-state index in [1.165, 1.54) is 37.4 Å². The molecule has 0 spiro atoms. The molecule has 0 atom stereocenters. The van der Waals surface area contributed by atoms with Crippen molar-refractivity contribution in [3.8, 4) is 11.5 Å². The average molecular weight is 396 g/mol. The summed E-state index contributed by atoms with van der Waals surface area (Å²) < 4.78 is 48.0. The van der Waals surface area contributed by atoms with Crippen LogP contribution in [0.5, 0.6) is 11.5 Å². The highest BCUT2D eigenvalue weighted by molar-refractivity contribution is 9.10. The second-order valence-electron chi connectivity index (χ2n) is 3.91. The highest BCUT2D eigenvalue weighted by Crippen LogP contribution is 2.36. The van der Waals surface area contributed by atoms with E-state index in [1.807, 2.05) is 0 Å². The standard InChI is InChI=1S/C13H9BrClFO4S/c1-19-13-11(14)5-8(15)6-12(13)21(17,18)20-10-4-2-3-9(16)7-10/h2-7H,1H3. The number of halogens is 3. The van der Waals surface area contributed by atoms with Gasteiger partial charge in [-0.15, -0.1) is 0 Å². The van der Waals surface area contributed by atoms with Gasteiger partial charge >= 0.3 is 10.1 Å². The zero-order chi connectivity index (χ0) is 15.6. The van der Waals surface area contributed by atoms with E-state index >= 15 is 0 Å². The summed E-state index contributed by atoms with van der Waals surface area (Å²) in [7, 11) is -2.91. The van der Waals surface area contributed by atoms with Crippen molar-refractivity contribution >= 4 is 37.6 Å². The molecule has 0 unspecified atom stereocenters. The Morgan fingerprint density at radius 1 is 1.24 bits per heavy atom. The molecule has 2 rings (SSSR count). The number of hydrogen-bond acceptors (Lipinski definition) is 4. The molecule has 0 bridgehead atoms. The third-order valence-corrected chi connectivity index (χ3v) is 4.51. The van der Waals surface area contributed by atoms with Gasteiger partial charge in [-0.3, -0.25) is 0 Å². The Labute approximate surface area is 134 Å². The molecule has 0 amide bonds. The lowest BCUT2D eigenvalue weighted by molar-refractivity contribution is 0.395. The first-order valence-electron chi connectivity index (χ1n) is 5.56. The van der Waals surface area contributed by atoms with Gasteiger partial charge in [-0.1, -0.05) is 17.7 Å². The minimum atomic E-state index is -4.22. The molecule has 0 aliphatic heterocycles. The normalized spacial score (nSPS) is 11.2. The van der Waals surface area contributed by atoms with Crippen molar-refractivity contribution in [3.63, 3.8) is 0 Å². The highest BCUT2D eigenvalue weighted by atomic mass is 79.9. The van der Waals surface area contributed by atoms with Gasteiger partial charge in [0.25, 0.3) is 0 Å². The highest BCUT2D eigenvalue weighted by Gasteiger charge is 2.24. The predicted molar refractivity (Wildman–Crippen MR) is 79.9 cm³/mol. The van der Waals surface area contributed by atoms with Gasteiger partial charge < -0.3 is 8.92 Å². The summed E-state index contributed by atoms with van der Waals surface area (Å²) in [6, 6.07) is 7.49. The number of hydrogen-bond donors (Lipinski definition) is 0. The molecule has 2 aromatic carbocycles. The summed E-state index contributed by atoms with van der Waals surface area (Å²) in [4.78, 5) is -0.256. The summed E-state index contributed by atoms with van der Waals surface area (Å²) in [5.41, 5.74) is 0. The SMILES string of the molecule is COc1c(Br)cc(Cl)cc1S(=O)(=O)Oc1cccc(F)c1. The zero-order valence-electron chi connectivity index (χ0n) is 10.6. The van der Waals surface area contributed by atoms with Gasteiger partial charge in [-0.2, -0.15) is 8.42 Å². The first-order valence-corrected chi connectivity index (χ1v) is 8.14. The van der Waals surface area contributed by atoms with E-state index < -0.39 is 15.9 Å². The van der Waals surface area contributed by atoms with Crippen LogP contribution < -0.4 is 8.92 Å². The molecule has 0 aromatic heterocycles. The molecule has 0 saturated heterocycles. The fourth-order valence-corrected chi connectivity index (χ4v) is 3.92. The van der Waals surface area contributed by atoms with E-state index in [1.54, 1.807) is 0 Å². The molecule has 0 saturated carbocycles. The van der Waals surface area contributed by atoms with Crippen molar-refractivity contribution < 1.29 is 21.7 Å². The van der Waals surface area contributed by atoms with Crippen LogP contribution in [0.25, 0.3) is 0 Å². The van der Waals surface area contributed by atoms with Gasteiger partial charge in [0.1, 0.15) is 11.6 Å². The van der Waals surface area contributed by atoms with Gasteiger partial charge in [-0.25, -0.2) is 4.39 Å². The molecule has 2 aromatic rings. The maximum absolute atomic E-state index is 13.1. The van der Waals surface area contributed by atoms with Crippen molar-refractivity contribution in [2.75, 3.05) is 7.11 Å². The lowest BCUT2D eigenvalue weighted by Gasteiger charge is -2.12. The molecule has 0 aliphatic rings. The summed E-state index contributed by atoms with van der Waals surface area (Å²) >= 11 is 9.01. The monoisotopic (exact) mass is 394 g/mol. The number of ether oxygens (including phenoxy) is 1. The first-order chi connectivity index (χ1) is 9.83. The molecule has 0 aliphatic carbocycles. The van der Waals surface area contributed by atoms with Crippen LogP contribution in [0.15, 0.2) is 45.8 Å². The van der Waals surface area contributed by atoms with E-state index in [-0.39, 0.29) is 21.4 Å². The molecule has 8 heteroatoms. The fourth-order valence-electron chi connectivity index (χ4n) is 1.61. The smallest absolute Gasteiger partial charge is 0.343 e. The lowest BCUT2D eigenvalue weighted by atomic mass is 10.3. The van der Waals surface area contributed by atoms with Crippen LogP contribution in [0.4, 0.5) is 4.39 Å². The Balaban J connectivity index is 2.49. The summed E-state index contributed by atoms with van der Waals surface area (Å²) in [5, 5.41) is 0.184. The van der Waals surface area contributed by atoms with Gasteiger partial charge in [-0.05, 0) is 40.2 Å². The van der Waals surface area contributed by atoms with Gasteiger partial charge in [0.2, 0.25) is 0 Å². The summed E-state index contributed by atoms with van der Waals surface area (Å²) in [5.74, 6) is -0.703. The minimum absolute atomic E-state index is 0.0517. The van der Waals surface area contributed by atoms with E-state index in [0.29, 0.717) is 4.47 Å². The molecule has 0 heterocycles. The largest absolute Gasteiger partial charge is 0.494 e. The molecule has 0 N–H and O–H groups in total. The van der Waals surface area contributed by atoms with Crippen molar-refractivity contribution in [3.05, 3.63) is 51.7 Å². The average Bonchev–Trinajstić information content (AvgIpc) is 2.37. The third-order valence-electron chi connectivity index (χ3n) is 2.45. The fraction of sp³-hybridized carbons (Fsp3) is 0.0769. The van der Waals surface area contributed by atoms with Crippen molar-refractivity contribution in [2.45, 2.75) is 4.90 Å². The Morgan fingerprint density at radius 3 is 2.57 bits per heavy atom. The molecular formula is C13H9BrClFO4S. The Hall–Kier alpha value is -1.31. The second kappa shape index (κ2) is 6.21. The van der Waals surface area contributed by atoms with Gasteiger partial charge in [0.05, 0.1) is 11.6 Å². The van der Waals surface area contributed by atoms with Crippen molar-refractivity contribution in [1.82, 2.24) is 0 Å². The molecular weight excluding hydrogens is 387 g/mol. The lowest BCUT2D eigenvalue weighted by Crippen LogP contribution is -2.11. The van der Waals surface area contributed by atoms with Gasteiger partial charge in [0, 0.05) is 11.1 Å². The minimum Gasteiger partial charge on any atom is -0.494 e. The topological polar surface area (TPSA) is 52.6 Å². The number of rotatable bonds is 4. The van der Waals surface area contributed by atoms with Crippen LogP contribution in [0, 0.1) is 5.82 Å². The summed E-state index contributed by atoms with van der Waals surface area (Å²) in [6.45, 7) is 0. The Kier molecular flexibility index (Phi) is 4.75. The quantitative estimate of drug-likeness (QED) is 0.734. The summed E-state index contributed by atoms with van der Waals surface area (Å²) in [6.07, 6.45) is 0. The molecule has 4 nitrogen and oxygen atoms in total.